The highest BCUT2D eigenvalue weighted by Crippen LogP contribution is 2.32. The van der Waals surface area contributed by atoms with E-state index >= 15 is 0 Å². The molecular formula is C23H28ClN5O2. The van der Waals surface area contributed by atoms with Crippen LogP contribution in [0.2, 0.25) is 5.02 Å². The summed E-state index contributed by atoms with van der Waals surface area (Å²) >= 11 is 6.11. The highest BCUT2D eigenvalue weighted by atomic mass is 35.5. The lowest BCUT2D eigenvalue weighted by atomic mass is 10.0. The molecule has 3 saturated heterocycles. The van der Waals surface area contributed by atoms with Crippen LogP contribution in [0.4, 0.5) is 4.79 Å². The number of carbonyl (C=O) groups excluding carboxylic acids is 2. The van der Waals surface area contributed by atoms with Crippen molar-refractivity contribution >= 4 is 23.5 Å². The topological polar surface area (TPSA) is 61.7 Å². The first kappa shape index (κ1) is 20.5. The van der Waals surface area contributed by atoms with E-state index in [1.54, 1.807) is 6.20 Å². The van der Waals surface area contributed by atoms with Gasteiger partial charge in [0.05, 0.1) is 11.8 Å². The van der Waals surface area contributed by atoms with Crippen LogP contribution in [-0.4, -0.2) is 75.7 Å². The lowest BCUT2D eigenvalue weighted by Crippen LogP contribution is -2.36. The molecule has 7 nitrogen and oxygen atoms in total. The Labute approximate surface area is 187 Å². The number of halogens is 1. The molecule has 1 aromatic heterocycles. The van der Waals surface area contributed by atoms with Crippen molar-refractivity contribution in [1.82, 2.24) is 24.5 Å². The molecular weight excluding hydrogens is 414 g/mol. The predicted molar refractivity (Wildman–Crippen MR) is 118 cm³/mol. The molecule has 0 bridgehead atoms. The minimum Gasteiger partial charge on any atom is -0.339 e. The maximum absolute atomic E-state index is 13.0. The van der Waals surface area contributed by atoms with Crippen molar-refractivity contribution in [3.05, 3.63) is 52.8 Å². The third kappa shape index (κ3) is 4.34. The highest BCUT2D eigenvalue weighted by molar-refractivity contribution is 6.30. The van der Waals surface area contributed by atoms with Crippen LogP contribution < -0.4 is 0 Å². The zero-order chi connectivity index (χ0) is 21.4. The van der Waals surface area contributed by atoms with Gasteiger partial charge in [0.25, 0.3) is 5.91 Å². The van der Waals surface area contributed by atoms with Gasteiger partial charge in [-0.2, -0.15) is 9.78 Å². The maximum atomic E-state index is 13.0. The number of piperidine rings is 1. The van der Waals surface area contributed by atoms with Crippen LogP contribution >= 0.6 is 11.6 Å². The fourth-order valence-electron chi connectivity index (χ4n) is 5.23. The van der Waals surface area contributed by atoms with Crippen molar-refractivity contribution in [2.45, 2.75) is 25.8 Å². The molecule has 8 heteroatoms. The zero-order valence-corrected chi connectivity index (χ0v) is 18.4. The molecule has 0 saturated carbocycles. The number of fused-ring (bicyclic) bond motifs is 1. The van der Waals surface area contributed by atoms with Crippen LogP contribution in [0.3, 0.4) is 0 Å². The van der Waals surface area contributed by atoms with Crippen LogP contribution in [0.25, 0.3) is 0 Å². The van der Waals surface area contributed by atoms with E-state index in [1.165, 1.54) is 22.9 Å². The fourth-order valence-corrected chi connectivity index (χ4v) is 5.44. The van der Waals surface area contributed by atoms with Crippen LogP contribution in [0, 0.1) is 11.8 Å². The third-order valence-corrected chi connectivity index (χ3v) is 7.03. The number of carbonyl (C=O) groups is 2. The molecule has 164 valence electrons. The Hall–Kier alpha value is -2.38. The number of nitrogens with zero attached hydrogens (tertiary/aromatic N) is 5. The maximum Gasteiger partial charge on any atom is 0.344 e. The van der Waals surface area contributed by atoms with Crippen molar-refractivity contribution in [2.24, 2.45) is 11.8 Å². The lowest BCUT2D eigenvalue weighted by Gasteiger charge is -2.26. The zero-order valence-electron chi connectivity index (χ0n) is 17.6. The summed E-state index contributed by atoms with van der Waals surface area (Å²) in [6.45, 7) is 5.92. The summed E-state index contributed by atoms with van der Waals surface area (Å²) in [5, 5.41) is 4.97. The second-order valence-electron chi connectivity index (χ2n) is 9.06. The summed E-state index contributed by atoms with van der Waals surface area (Å²) < 4.78 is 1.34. The standard InChI is InChI=1S/C23H28ClN5O2/c24-21-6-4-5-17(9-21)11-26-12-19-14-28(15-20(19)13-26)23(31)29-16-18(10-25-29)22(30)27-7-2-1-3-8-27/h4-6,9-10,16,19-20H,1-3,7-8,11-15H2. The quantitative estimate of drug-likeness (QED) is 0.733. The van der Waals surface area contributed by atoms with Crippen LogP contribution in [0.1, 0.15) is 35.2 Å². The average Bonchev–Trinajstić information content (AvgIpc) is 3.48. The molecule has 0 N–H and O–H groups in total. The van der Waals surface area contributed by atoms with Crippen LogP contribution in [0.5, 0.6) is 0 Å². The van der Waals surface area contributed by atoms with Gasteiger partial charge in [-0.1, -0.05) is 23.7 Å². The molecule has 3 aliphatic heterocycles. The SMILES string of the molecule is O=C(c1cnn(C(=O)N2CC3CN(Cc4cccc(Cl)c4)CC3C2)c1)N1CCCCC1. The second-order valence-corrected chi connectivity index (χ2v) is 9.49. The molecule has 5 rings (SSSR count). The van der Waals surface area contributed by atoms with Gasteiger partial charge in [-0.05, 0) is 48.8 Å². The molecule has 1 aromatic carbocycles. The Morgan fingerprint density at radius 1 is 1.00 bits per heavy atom. The van der Waals surface area contributed by atoms with E-state index in [2.05, 4.69) is 16.1 Å². The van der Waals surface area contributed by atoms with E-state index in [9.17, 15) is 9.59 Å². The minimum absolute atomic E-state index is 0.0197. The Kier molecular flexibility index (Phi) is 5.71. The van der Waals surface area contributed by atoms with Gasteiger partial charge in [0, 0.05) is 57.0 Å². The number of likely N-dealkylation sites (tertiary alicyclic amines) is 3. The number of hydrogen-bond donors (Lipinski definition) is 0. The van der Waals surface area contributed by atoms with Crippen molar-refractivity contribution in [3.63, 3.8) is 0 Å². The molecule has 0 radical (unpaired) electrons. The smallest absolute Gasteiger partial charge is 0.339 e. The molecule has 3 fully saturated rings. The van der Waals surface area contributed by atoms with Gasteiger partial charge in [-0.3, -0.25) is 9.69 Å². The van der Waals surface area contributed by atoms with Gasteiger partial charge < -0.3 is 9.80 Å². The average molecular weight is 442 g/mol. The Morgan fingerprint density at radius 3 is 2.45 bits per heavy atom. The predicted octanol–water partition coefficient (Wildman–Crippen LogP) is 3.19. The van der Waals surface area contributed by atoms with Crippen LogP contribution in [0.15, 0.2) is 36.7 Å². The summed E-state index contributed by atoms with van der Waals surface area (Å²) in [4.78, 5) is 31.8. The fraction of sp³-hybridized carbons (Fsp3) is 0.522. The van der Waals surface area contributed by atoms with Crippen molar-refractivity contribution < 1.29 is 9.59 Å². The first-order valence-corrected chi connectivity index (χ1v) is 11.5. The van der Waals surface area contributed by atoms with Gasteiger partial charge in [0.2, 0.25) is 0 Å². The molecule has 31 heavy (non-hydrogen) atoms. The lowest BCUT2D eigenvalue weighted by molar-refractivity contribution is 0.0724. The Bertz CT molecular complexity index is 956. The molecule has 2 amide bonds. The number of aromatic nitrogens is 2. The molecule has 2 atom stereocenters. The number of benzene rings is 1. The first-order chi connectivity index (χ1) is 15.1. The summed E-state index contributed by atoms with van der Waals surface area (Å²) in [5.41, 5.74) is 1.73. The van der Waals surface area contributed by atoms with Gasteiger partial charge in [-0.15, -0.1) is 0 Å². The van der Waals surface area contributed by atoms with E-state index in [-0.39, 0.29) is 11.9 Å². The van der Waals surface area contributed by atoms with Crippen molar-refractivity contribution in [2.75, 3.05) is 39.3 Å². The largest absolute Gasteiger partial charge is 0.344 e. The Morgan fingerprint density at radius 2 is 1.74 bits per heavy atom. The van der Waals surface area contributed by atoms with Crippen LogP contribution in [-0.2, 0) is 6.54 Å². The molecule has 2 unspecified atom stereocenters. The summed E-state index contributed by atoms with van der Waals surface area (Å²) in [5.74, 6) is 0.940. The normalized spacial score (nSPS) is 23.9. The number of amides is 2. The molecule has 2 aromatic rings. The van der Waals surface area contributed by atoms with E-state index in [1.807, 2.05) is 28.0 Å². The third-order valence-electron chi connectivity index (χ3n) is 6.80. The van der Waals surface area contributed by atoms with E-state index in [0.29, 0.717) is 17.4 Å². The van der Waals surface area contributed by atoms with E-state index in [0.717, 1.165) is 63.7 Å². The van der Waals surface area contributed by atoms with Gasteiger partial charge >= 0.3 is 6.03 Å². The molecule has 0 aliphatic carbocycles. The summed E-state index contributed by atoms with van der Waals surface area (Å²) in [6, 6.07) is 7.88. The van der Waals surface area contributed by atoms with Gasteiger partial charge in [0.1, 0.15) is 0 Å². The molecule has 0 spiro atoms. The van der Waals surface area contributed by atoms with Crippen molar-refractivity contribution in [3.8, 4) is 0 Å². The van der Waals surface area contributed by atoms with Crippen molar-refractivity contribution in [1.29, 1.82) is 0 Å². The van der Waals surface area contributed by atoms with E-state index in [4.69, 9.17) is 11.6 Å². The minimum atomic E-state index is -0.131. The highest BCUT2D eigenvalue weighted by Gasteiger charge is 2.42. The Balaban J connectivity index is 1.17. The summed E-state index contributed by atoms with van der Waals surface area (Å²) in [7, 11) is 0. The monoisotopic (exact) mass is 441 g/mol. The van der Waals surface area contributed by atoms with E-state index < -0.39 is 0 Å². The number of rotatable bonds is 3. The molecule has 4 heterocycles. The first-order valence-electron chi connectivity index (χ1n) is 11.2. The van der Waals surface area contributed by atoms with Gasteiger partial charge in [-0.25, -0.2) is 4.79 Å². The summed E-state index contributed by atoms with van der Waals surface area (Å²) in [6.07, 6.45) is 6.39. The second kappa shape index (κ2) is 8.63. The number of hydrogen-bond acceptors (Lipinski definition) is 4. The van der Waals surface area contributed by atoms with Gasteiger partial charge in [0.15, 0.2) is 0 Å². The molecule has 3 aliphatic rings.